The number of benzene rings is 1. The summed E-state index contributed by atoms with van der Waals surface area (Å²) in [6.45, 7) is 3.44. The van der Waals surface area contributed by atoms with Crippen molar-refractivity contribution in [2.45, 2.75) is 13.8 Å². The number of aryl methyl sites for hydroxylation is 2. The standard InChI is InChI=1S/C13H13F2N3OS/c1-6-11(7(2)18(3)17-6)19-12-9(14)4-8(13(16)20)5-10(12)15/h4-5H,1-3H3,(H2,16,20). The molecule has 0 unspecified atom stereocenters. The van der Waals surface area contributed by atoms with E-state index >= 15 is 0 Å². The van der Waals surface area contributed by atoms with Gasteiger partial charge in [-0.1, -0.05) is 12.2 Å². The minimum Gasteiger partial charge on any atom is -0.447 e. The molecule has 0 saturated heterocycles. The second-order valence-corrected chi connectivity index (χ2v) is 4.80. The summed E-state index contributed by atoms with van der Waals surface area (Å²) in [5.74, 6) is -1.90. The van der Waals surface area contributed by atoms with E-state index in [4.69, 9.17) is 10.5 Å². The normalized spacial score (nSPS) is 10.7. The lowest BCUT2D eigenvalue weighted by Gasteiger charge is -2.09. The Bertz CT molecular complexity index is 674. The third-order valence-corrected chi connectivity index (χ3v) is 3.17. The fraction of sp³-hybridized carbons (Fsp3) is 0.231. The van der Waals surface area contributed by atoms with Crippen LogP contribution in [0.2, 0.25) is 0 Å². The minimum absolute atomic E-state index is 0.0805. The van der Waals surface area contributed by atoms with Crippen molar-refractivity contribution in [2.24, 2.45) is 12.8 Å². The largest absolute Gasteiger partial charge is 0.447 e. The van der Waals surface area contributed by atoms with Gasteiger partial charge in [0.25, 0.3) is 0 Å². The van der Waals surface area contributed by atoms with Crippen LogP contribution in [0.5, 0.6) is 11.5 Å². The Hall–Kier alpha value is -2.02. The van der Waals surface area contributed by atoms with Crippen LogP contribution < -0.4 is 10.5 Å². The summed E-state index contributed by atoms with van der Waals surface area (Å²) >= 11 is 4.69. The lowest BCUT2D eigenvalue weighted by molar-refractivity contribution is 0.402. The van der Waals surface area contributed by atoms with Gasteiger partial charge in [-0.15, -0.1) is 0 Å². The summed E-state index contributed by atoms with van der Waals surface area (Å²) in [5.41, 5.74) is 6.67. The molecular weight excluding hydrogens is 284 g/mol. The van der Waals surface area contributed by atoms with Crippen LogP contribution in [0.1, 0.15) is 17.0 Å². The highest BCUT2D eigenvalue weighted by atomic mass is 32.1. The summed E-state index contributed by atoms with van der Waals surface area (Å²) in [6.07, 6.45) is 0. The number of halogens is 2. The van der Waals surface area contributed by atoms with Crippen molar-refractivity contribution in [1.82, 2.24) is 9.78 Å². The number of hydrogen-bond acceptors (Lipinski definition) is 3. The monoisotopic (exact) mass is 297 g/mol. The van der Waals surface area contributed by atoms with E-state index in [0.717, 1.165) is 12.1 Å². The Labute approximate surface area is 120 Å². The number of aromatic nitrogens is 2. The van der Waals surface area contributed by atoms with Crippen molar-refractivity contribution >= 4 is 17.2 Å². The zero-order chi connectivity index (χ0) is 15.0. The van der Waals surface area contributed by atoms with E-state index in [2.05, 4.69) is 17.3 Å². The molecule has 0 fully saturated rings. The van der Waals surface area contributed by atoms with E-state index in [9.17, 15) is 8.78 Å². The van der Waals surface area contributed by atoms with Gasteiger partial charge in [-0.05, 0) is 26.0 Å². The zero-order valence-electron chi connectivity index (χ0n) is 11.2. The summed E-state index contributed by atoms with van der Waals surface area (Å²) in [7, 11) is 1.72. The van der Waals surface area contributed by atoms with Gasteiger partial charge in [-0.3, -0.25) is 4.68 Å². The van der Waals surface area contributed by atoms with E-state index in [1.807, 2.05) is 0 Å². The maximum atomic E-state index is 13.9. The molecule has 2 rings (SSSR count). The van der Waals surface area contributed by atoms with Gasteiger partial charge >= 0.3 is 0 Å². The van der Waals surface area contributed by atoms with Crippen LogP contribution in [-0.2, 0) is 7.05 Å². The van der Waals surface area contributed by atoms with Gasteiger partial charge in [0.2, 0.25) is 0 Å². The molecule has 0 bridgehead atoms. The number of nitrogens with two attached hydrogens (primary N) is 1. The topological polar surface area (TPSA) is 53.1 Å². The maximum Gasteiger partial charge on any atom is 0.198 e. The van der Waals surface area contributed by atoms with Gasteiger partial charge in [0.1, 0.15) is 10.7 Å². The molecule has 0 aliphatic carbocycles. The number of hydrogen-bond donors (Lipinski definition) is 1. The van der Waals surface area contributed by atoms with Crippen LogP contribution >= 0.6 is 12.2 Å². The van der Waals surface area contributed by atoms with Crippen molar-refractivity contribution in [3.05, 3.63) is 40.7 Å². The van der Waals surface area contributed by atoms with Crippen molar-refractivity contribution in [3.63, 3.8) is 0 Å². The van der Waals surface area contributed by atoms with Gasteiger partial charge in [0, 0.05) is 12.6 Å². The maximum absolute atomic E-state index is 13.9. The number of rotatable bonds is 3. The molecule has 1 aromatic carbocycles. The Kier molecular flexibility index (Phi) is 3.71. The molecule has 20 heavy (non-hydrogen) atoms. The van der Waals surface area contributed by atoms with E-state index in [1.54, 1.807) is 25.6 Å². The summed E-state index contributed by atoms with van der Waals surface area (Å²) in [5, 5.41) is 4.12. The van der Waals surface area contributed by atoms with Gasteiger partial charge in [-0.2, -0.15) is 5.10 Å². The predicted octanol–water partition coefficient (Wildman–Crippen LogP) is 2.74. The summed E-state index contributed by atoms with van der Waals surface area (Å²) in [4.78, 5) is -0.0805. The van der Waals surface area contributed by atoms with Gasteiger partial charge in [-0.25, -0.2) is 8.78 Å². The lowest BCUT2D eigenvalue weighted by atomic mass is 10.2. The molecule has 106 valence electrons. The molecule has 0 amide bonds. The molecule has 0 aliphatic rings. The lowest BCUT2D eigenvalue weighted by Crippen LogP contribution is -2.10. The molecule has 0 spiro atoms. The van der Waals surface area contributed by atoms with Crippen LogP contribution in [0.3, 0.4) is 0 Å². The van der Waals surface area contributed by atoms with Crippen molar-refractivity contribution in [3.8, 4) is 11.5 Å². The van der Waals surface area contributed by atoms with Gasteiger partial charge in [0.15, 0.2) is 23.1 Å². The molecular formula is C13H13F2N3OS. The second kappa shape index (κ2) is 5.16. The van der Waals surface area contributed by atoms with Crippen LogP contribution in [0.25, 0.3) is 0 Å². The molecule has 0 aliphatic heterocycles. The van der Waals surface area contributed by atoms with Crippen molar-refractivity contribution in [1.29, 1.82) is 0 Å². The molecule has 2 N–H and O–H groups in total. The van der Waals surface area contributed by atoms with Crippen molar-refractivity contribution in [2.75, 3.05) is 0 Å². The highest BCUT2D eigenvalue weighted by Gasteiger charge is 2.19. The second-order valence-electron chi connectivity index (χ2n) is 4.36. The summed E-state index contributed by atoms with van der Waals surface area (Å²) < 4.78 is 34.8. The first-order valence-electron chi connectivity index (χ1n) is 5.78. The van der Waals surface area contributed by atoms with Crippen LogP contribution in [0, 0.1) is 25.5 Å². The van der Waals surface area contributed by atoms with Gasteiger partial charge in [0.05, 0.1) is 5.69 Å². The third-order valence-electron chi connectivity index (χ3n) is 2.93. The average Bonchev–Trinajstić information content (AvgIpc) is 2.59. The first-order chi connectivity index (χ1) is 9.31. The van der Waals surface area contributed by atoms with Crippen LogP contribution in [-0.4, -0.2) is 14.8 Å². The highest BCUT2D eigenvalue weighted by Crippen LogP contribution is 2.32. The molecule has 0 atom stereocenters. The molecule has 7 heteroatoms. The van der Waals surface area contributed by atoms with E-state index in [1.165, 1.54) is 0 Å². The van der Waals surface area contributed by atoms with Crippen molar-refractivity contribution < 1.29 is 13.5 Å². The minimum atomic E-state index is -0.865. The summed E-state index contributed by atoms with van der Waals surface area (Å²) in [6, 6.07) is 2.09. The first kappa shape index (κ1) is 14.4. The smallest absolute Gasteiger partial charge is 0.198 e. The van der Waals surface area contributed by atoms with E-state index in [0.29, 0.717) is 17.1 Å². The Morgan fingerprint density at radius 1 is 1.25 bits per heavy atom. The predicted molar refractivity (Wildman–Crippen MR) is 75.0 cm³/mol. The van der Waals surface area contributed by atoms with Crippen LogP contribution in [0.4, 0.5) is 8.78 Å². The number of nitrogens with zero attached hydrogens (tertiary/aromatic N) is 2. The fourth-order valence-electron chi connectivity index (χ4n) is 1.80. The molecule has 2 aromatic rings. The number of thiocarbonyl (C=S) groups is 1. The number of ether oxygens (including phenoxy) is 1. The van der Waals surface area contributed by atoms with Gasteiger partial charge < -0.3 is 10.5 Å². The highest BCUT2D eigenvalue weighted by molar-refractivity contribution is 7.80. The molecule has 4 nitrogen and oxygen atoms in total. The first-order valence-corrected chi connectivity index (χ1v) is 6.19. The zero-order valence-corrected chi connectivity index (χ0v) is 12.0. The van der Waals surface area contributed by atoms with E-state index < -0.39 is 17.4 Å². The molecule has 1 heterocycles. The third kappa shape index (κ3) is 2.49. The average molecular weight is 297 g/mol. The Balaban J connectivity index is 2.47. The molecule has 0 radical (unpaired) electrons. The molecule has 0 saturated carbocycles. The fourth-order valence-corrected chi connectivity index (χ4v) is 1.92. The van der Waals surface area contributed by atoms with Crippen LogP contribution in [0.15, 0.2) is 12.1 Å². The quantitative estimate of drug-likeness (QED) is 0.885. The molecule has 1 aromatic heterocycles. The Morgan fingerprint density at radius 3 is 2.20 bits per heavy atom. The SMILES string of the molecule is Cc1nn(C)c(C)c1Oc1c(F)cc(C(N)=S)cc1F. The van der Waals surface area contributed by atoms with E-state index in [-0.39, 0.29) is 10.6 Å². The Morgan fingerprint density at radius 2 is 1.80 bits per heavy atom.